The fourth-order valence-electron chi connectivity index (χ4n) is 2.62. The number of ether oxygens (including phenoxy) is 1. The number of esters is 1. The SMILES string of the molecule is CC(=O)NC1=NN(C(C)=O)[C@H](c2ccc(OC(=O)c3cccc(C)c3)cc2)S1. The lowest BCUT2D eigenvalue weighted by Crippen LogP contribution is -2.25. The maximum atomic E-state index is 12.3. The molecule has 144 valence electrons. The van der Waals surface area contributed by atoms with Crippen LogP contribution in [0, 0.1) is 6.92 Å². The van der Waals surface area contributed by atoms with Gasteiger partial charge in [-0.05, 0) is 36.8 Å². The topological polar surface area (TPSA) is 88.1 Å². The van der Waals surface area contributed by atoms with Crippen LogP contribution in [0.4, 0.5) is 0 Å². The Balaban J connectivity index is 1.72. The summed E-state index contributed by atoms with van der Waals surface area (Å²) in [6, 6.07) is 14.0. The minimum absolute atomic E-state index is 0.243. The van der Waals surface area contributed by atoms with Gasteiger partial charge in [-0.3, -0.25) is 9.59 Å². The maximum Gasteiger partial charge on any atom is 0.343 e. The maximum absolute atomic E-state index is 12.3. The molecule has 1 N–H and O–H groups in total. The summed E-state index contributed by atoms with van der Waals surface area (Å²) in [5, 5.41) is 8.02. The zero-order valence-corrected chi connectivity index (χ0v) is 16.4. The van der Waals surface area contributed by atoms with E-state index in [0.29, 0.717) is 16.5 Å². The molecule has 7 nitrogen and oxygen atoms in total. The van der Waals surface area contributed by atoms with Gasteiger partial charge < -0.3 is 10.1 Å². The molecule has 0 spiro atoms. The lowest BCUT2D eigenvalue weighted by atomic mass is 10.1. The number of thioether (sulfide) groups is 1. The van der Waals surface area contributed by atoms with Gasteiger partial charge in [-0.25, -0.2) is 9.80 Å². The summed E-state index contributed by atoms with van der Waals surface area (Å²) in [6.45, 7) is 4.69. The highest BCUT2D eigenvalue weighted by molar-refractivity contribution is 8.14. The van der Waals surface area contributed by atoms with Crippen molar-refractivity contribution in [1.82, 2.24) is 10.3 Å². The normalized spacial score (nSPS) is 15.8. The first-order chi connectivity index (χ1) is 13.3. The molecule has 0 unspecified atom stereocenters. The van der Waals surface area contributed by atoms with E-state index < -0.39 is 11.3 Å². The number of amidine groups is 1. The zero-order chi connectivity index (χ0) is 20.3. The van der Waals surface area contributed by atoms with E-state index in [4.69, 9.17) is 4.74 Å². The molecule has 2 aromatic carbocycles. The summed E-state index contributed by atoms with van der Waals surface area (Å²) in [5.74, 6) is -0.537. The average Bonchev–Trinajstić information content (AvgIpc) is 3.05. The van der Waals surface area contributed by atoms with Crippen molar-refractivity contribution in [2.45, 2.75) is 26.1 Å². The van der Waals surface area contributed by atoms with Crippen molar-refractivity contribution in [3.63, 3.8) is 0 Å². The van der Waals surface area contributed by atoms with Crippen molar-refractivity contribution in [3.8, 4) is 5.75 Å². The fraction of sp³-hybridized carbons (Fsp3) is 0.200. The summed E-state index contributed by atoms with van der Waals surface area (Å²) in [4.78, 5) is 35.4. The van der Waals surface area contributed by atoms with Gasteiger partial charge in [0.2, 0.25) is 11.8 Å². The van der Waals surface area contributed by atoms with Crippen LogP contribution in [0.5, 0.6) is 5.75 Å². The smallest absolute Gasteiger partial charge is 0.343 e. The van der Waals surface area contributed by atoms with Crippen LogP contribution in [-0.4, -0.2) is 28.0 Å². The predicted octanol–water partition coefficient (Wildman–Crippen LogP) is 3.22. The second-order valence-electron chi connectivity index (χ2n) is 6.25. The molecule has 28 heavy (non-hydrogen) atoms. The molecule has 0 aliphatic carbocycles. The van der Waals surface area contributed by atoms with Crippen LogP contribution < -0.4 is 10.1 Å². The first kappa shape index (κ1) is 19.6. The van der Waals surface area contributed by atoms with Gasteiger partial charge in [-0.15, -0.1) is 5.10 Å². The molecule has 8 heteroatoms. The number of nitrogens with zero attached hydrogens (tertiary/aromatic N) is 2. The number of amides is 2. The number of benzene rings is 2. The molecule has 0 saturated heterocycles. The van der Waals surface area contributed by atoms with Gasteiger partial charge >= 0.3 is 5.97 Å². The quantitative estimate of drug-likeness (QED) is 0.635. The average molecular weight is 397 g/mol. The molecule has 3 rings (SSSR count). The number of hydrogen-bond donors (Lipinski definition) is 1. The molecule has 0 aromatic heterocycles. The Morgan fingerprint density at radius 1 is 1.11 bits per heavy atom. The molecular weight excluding hydrogens is 378 g/mol. The Hall–Kier alpha value is -3.13. The molecule has 1 aliphatic heterocycles. The number of hydrogen-bond acceptors (Lipinski definition) is 6. The Bertz CT molecular complexity index is 956. The summed E-state index contributed by atoms with van der Waals surface area (Å²) >= 11 is 1.26. The van der Waals surface area contributed by atoms with Crippen molar-refractivity contribution >= 4 is 34.7 Å². The van der Waals surface area contributed by atoms with Gasteiger partial charge in [-0.1, -0.05) is 41.6 Å². The molecule has 1 aliphatic rings. The van der Waals surface area contributed by atoms with Crippen molar-refractivity contribution in [1.29, 1.82) is 0 Å². The van der Waals surface area contributed by atoms with E-state index in [0.717, 1.165) is 11.1 Å². The van der Waals surface area contributed by atoms with E-state index in [1.165, 1.54) is 30.6 Å². The third kappa shape index (κ3) is 4.58. The first-order valence-corrected chi connectivity index (χ1v) is 9.43. The Morgan fingerprint density at radius 2 is 1.82 bits per heavy atom. The molecule has 0 radical (unpaired) electrons. The molecule has 1 atom stereocenters. The minimum Gasteiger partial charge on any atom is -0.423 e. The summed E-state index contributed by atoms with van der Waals surface area (Å²) < 4.78 is 5.41. The van der Waals surface area contributed by atoms with Crippen molar-refractivity contribution in [2.24, 2.45) is 5.10 Å². The Kier molecular flexibility index (Phi) is 5.79. The van der Waals surface area contributed by atoms with Gasteiger partial charge in [0.1, 0.15) is 11.1 Å². The van der Waals surface area contributed by atoms with Gasteiger partial charge in [0, 0.05) is 13.8 Å². The zero-order valence-electron chi connectivity index (χ0n) is 15.6. The number of aryl methyl sites for hydroxylation is 1. The molecule has 2 aromatic rings. The third-order valence-electron chi connectivity index (χ3n) is 3.88. The highest BCUT2D eigenvalue weighted by Gasteiger charge is 2.32. The van der Waals surface area contributed by atoms with Crippen LogP contribution in [0.25, 0.3) is 0 Å². The highest BCUT2D eigenvalue weighted by Crippen LogP contribution is 2.39. The second kappa shape index (κ2) is 8.26. The predicted molar refractivity (Wildman–Crippen MR) is 107 cm³/mol. The van der Waals surface area contributed by atoms with Crippen LogP contribution in [0.3, 0.4) is 0 Å². The molecular formula is C20H19N3O4S. The van der Waals surface area contributed by atoms with E-state index >= 15 is 0 Å². The Morgan fingerprint density at radius 3 is 2.43 bits per heavy atom. The molecule has 0 bridgehead atoms. The van der Waals surface area contributed by atoms with E-state index in [-0.39, 0.29) is 11.8 Å². The van der Waals surface area contributed by atoms with Crippen LogP contribution in [0.2, 0.25) is 0 Å². The van der Waals surface area contributed by atoms with Crippen LogP contribution in [0.1, 0.15) is 40.7 Å². The van der Waals surface area contributed by atoms with E-state index in [9.17, 15) is 14.4 Å². The lowest BCUT2D eigenvalue weighted by Gasteiger charge is -2.19. The van der Waals surface area contributed by atoms with Crippen molar-refractivity contribution in [3.05, 3.63) is 65.2 Å². The fourth-order valence-corrected chi connectivity index (χ4v) is 3.76. The molecule has 0 saturated carbocycles. The summed E-state index contributed by atoms with van der Waals surface area (Å²) in [6.07, 6.45) is 0. The van der Waals surface area contributed by atoms with Crippen LogP contribution >= 0.6 is 11.8 Å². The highest BCUT2D eigenvalue weighted by atomic mass is 32.2. The van der Waals surface area contributed by atoms with E-state index in [2.05, 4.69) is 10.4 Å². The number of carbonyl (C=O) groups excluding carboxylic acids is 3. The summed E-state index contributed by atoms with van der Waals surface area (Å²) in [5.41, 5.74) is 2.24. The van der Waals surface area contributed by atoms with Gasteiger partial charge in [-0.2, -0.15) is 0 Å². The van der Waals surface area contributed by atoms with Gasteiger partial charge in [0.25, 0.3) is 0 Å². The van der Waals surface area contributed by atoms with Crippen LogP contribution in [-0.2, 0) is 9.59 Å². The number of rotatable bonds is 3. The summed E-state index contributed by atoms with van der Waals surface area (Å²) in [7, 11) is 0. The molecule has 0 fully saturated rings. The molecule has 2 amide bonds. The van der Waals surface area contributed by atoms with Gasteiger partial charge in [0.05, 0.1) is 5.56 Å². The number of nitrogens with one attached hydrogen (secondary N) is 1. The largest absolute Gasteiger partial charge is 0.423 e. The van der Waals surface area contributed by atoms with Crippen molar-refractivity contribution in [2.75, 3.05) is 0 Å². The standard InChI is InChI=1S/C20H19N3O4S/c1-12-5-4-6-16(11-12)19(26)27-17-9-7-15(8-10-17)18-23(14(3)25)22-20(28-18)21-13(2)24/h4-11,18H,1-3H3,(H,21,22,24)/t18-/m0/s1. The monoisotopic (exact) mass is 397 g/mol. The van der Waals surface area contributed by atoms with Crippen LogP contribution in [0.15, 0.2) is 53.6 Å². The number of hydrazone groups is 1. The third-order valence-corrected chi connectivity index (χ3v) is 4.98. The molecule has 1 heterocycles. The first-order valence-electron chi connectivity index (χ1n) is 8.55. The second-order valence-corrected chi connectivity index (χ2v) is 7.32. The lowest BCUT2D eigenvalue weighted by molar-refractivity contribution is -0.129. The van der Waals surface area contributed by atoms with Gasteiger partial charge in [0.15, 0.2) is 5.17 Å². The van der Waals surface area contributed by atoms with E-state index in [1.54, 1.807) is 42.5 Å². The van der Waals surface area contributed by atoms with E-state index in [1.807, 2.05) is 13.0 Å². The van der Waals surface area contributed by atoms with Crippen molar-refractivity contribution < 1.29 is 19.1 Å². The minimum atomic E-state index is -0.437. The number of carbonyl (C=O) groups is 3. The Labute approximate surface area is 166 Å².